The van der Waals surface area contributed by atoms with Gasteiger partial charge in [-0.1, -0.05) is 60.7 Å². The zero-order chi connectivity index (χ0) is 23.5. The van der Waals surface area contributed by atoms with Crippen LogP contribution in [0.15, 0.2) is 66.9 Å². The molecule has 2 aliphatic rings. The molecule has 3 aromatic rings. The van der Waals surface area contributed by atoms with Crippen LogP contribution >= 0.6 is 11.3 Å². The molecule has 0 radical (unpaired) electrons. The Morgan fingerprint density at radius 3 is 2.32 bits per heavy atom. The summed E-state index contributed by atoms with van der Waals surface area (Å²) in [7, 11) is 0. The van der Waals surface area contributed by atoms with E-state index in [0.29, 0.717) is 25.9 Å². The summed E-state index contributed by atoms with van der Waals surface area (Å²) in [4.78, 5) is 38.1. The topological polar surface area (TPSA) is 56.8 Å². The highest BCUT2D eigenvalue weighted by molar-refractivity contribution is 7.15. The second kappa shape index (κ2) is 9.68. The quantitative estimate of drug-likeness (QED) is 0.467. The van der Waals surface area contributed by atoms with Crippen LogP contribution in [0.1, 0.15) is 30.2 Å². The molecule has 0 unspecified atom stereocenters. The van der Waals surface area contributed by atoms with Crippen LogP contribution < -0.4 is 0 Å². The summed E-state index contributed by atoms with van der Waals surface area (Å²) < 4.78 is 0. The Kier molecular flexibility index (Phi) is 6.48. The van der Waals surface area contributed by atoms with Gasteiger partial charge in [0.15, 0.2) is 0 Å². The molecule has 0 aliphatic carbocycles. The lowest BCUT2D eigenvalue weighted by atomic mass is 9.85. The molecular weight excluding hydrogens is 444 g/mol. The maximum absolute atomic E-state index is 13.4. The minimum absolute atomic E-state index is 0.0168. The van der Waals surface area contributed by atoms with Crippen molar-refractivity contribution in [2.75, 3.05) is 26.2 Å². The van der Waals surface area contributed by atoms with E-state index in [1.165, 1.54) is 15.3 Å². The fourth-order valence-electron chi connectivity index (χ4n) is 5.14. The molecule has 2 aromatic carbocycles. The first-order valence-corrected chi connectivity index (χ1v) is 12.8. The van der Waals surface area contributed by atoms with Crippen molar-refractivity contribution < 1.29 is 9.59 Å². The molecule has 0 N–H and O–H groups in total. The van der Waals surface area contributed by atoms with Crippen LogP contribution in [0.25, 0.3) is 10.6 Å². The van der Waals surface area contributed by atoms with E-state index in [1.54, 1.807) is 11.3 Å². The van der Waals surface area contributed by atoms with Gasteiger partial charge in [-0.15, -0.1) is 11.3 Å². The van der Waals surface area contributed by atoms with Crippen molar-refractivity contribution in [3.63, 3.8) is 0 Å². The number of likely N-dealkylation sites (N-methyl/N-ethyl adjacent to an activating group) is 1. The molecular formula is C27H30N4O2S. The molecule has 2 aliphatic heterocycles. The van der Waals surface area contributed by atoms with Crippen LogP contribution in [0.3, 0.4) is 0 Å². The predicted molar refractivity (Wildman–Crippen MR) is 134 cm³/mol. The summed E-state index contributed by atoms with van der Waals surface area (Å²) in [6.45, 7) is 5.28. The first-order chi connectivity index (χ1) is 16.6. The number of hydrogen-bond acceptors (Lipinski definition) is 5. The number of benzene rings is 2. The number of rotatable bonds is 7. The van der Waals surface area contributed by atoms with E-state index >= 15 is 0 Å². The lowest BCUT2D eigenvalue weighted by Gasteiger charge is -2.42. The summed E-state index contributed by atoms with van der Waals surface area (Å²) >= 11 is 1.72. The average Bonchev–Trinajstić information content (AvgIpc) is 3.42. The van der Waals surface area contributed by atoms with Crippen molar-refractivity contribution in [3.8, 4) is 10.6 Å². The molecule has 3 heterocycles. The Balaban J connectivity index is 1.27. The molecule has 34 heavy (non-hydrogen) atoms. The van der Waals surface area contributed by atoms with Gasteiger partial charge in [0.2, 0.25) is 0 Å². The van der Waals surface area contributed by atoms with Crippen molar-refractivity contribution in [1.82, 2.24) is 19.7 Å². The van der Waals surface area contributed by atoms with Gasteiger partial charge in [0.25, 0.3) is 5.91 Å². The Morgan fingerprint density at radius 1 is 0.971 bits per heavy atom. The number of urea groups is 1. The van der Waals surface area contributed by atoms with Crippen LogP contribution in [0.2, 0.25) is 0 Å². The molecule has 3 amide bonds. The first-order valence-electron chi connectivity index (χ1n) is 12.0. The highest BCUT2D eigenvalue weighted by Crippen LogP contribution is 2.38. The van der Waals surface area contributed by atoms with Crippen molar-refractivity contribution in [2.24, 2.45) is 0 Å². The van der Waals surface area contributed by atoms with Crippen LogP contribution in [0, 0.1) is 0 Å². The minimum Gasteiger partial charge on any atom is -0.309 e. The lowest BCUT2D eigenvalue weighted by molar-refractivity contribution is -0.135. The van der Waals surface area contributed by atoms with E-state index in [9.17, 15) is 9.59 Å². The molecule has 7 heteroatoms. The number of carbonyl (C=O) groups is 2. The number of imide groups is 1. The molecule has 2 saturated heterocycles. The van der Waals surface area contributed by atoms with E-state index in [-0.39, 0.29) is 11.9 Å². The van der Waals surface area contributed by atoms with Crippen molar-refractivity contribution in [2.45, 2.75) is 38.3 Å². The SMILES string of the molecule is CCN1C(=O)N(CCc2ccccc2)C2(CCN(Cc3cnc(-c4ccccc4)s3)CC2)C1=O. The Labute approximate surface area is 204 Å². The summed E-state index contributed by atoms with van der Waals surface area (Å²) in [6.07, 6.45) is 4.07. The summed E-state index contributed by atoms with van der Waals surface area (Å²) in [5, 5.41) is 1.03. The third kappa shape index (κ3) is 4.26. The van der Waals surface area contributed by atoms with Gasteiger partial charge in [0.1, 0.15) is 10.5 Å². The average molecular weight is 475 g/mol. The number of likely N-dealkylation sites (tertiary alicyclic amines) is 1. The van der Waals surface area contributed by atoms with E-state index in [4.69, 9.17) is 0 Å². The third-order valence-electron chi connectivity index (χ3n) is 7.04. The van der Waals surface area contributed by atoms with Gasteiger partial charge >= 0.3 is 6.03 Å². The van der Waals surface area contributed by atoms with Gasteiger partial charge in [-0.2, -0.15) is 0 Å². The standard InChI is InChI=1S/C27H30N4O2S/c1-2-30-25(32)27(31(26(30)33)16-13-21-9-5-3-6-10-21)14-17-29(18-15-27)20-23-19-28-24(34-23)22-11-7-4-8-12-22/h3-12,19H,2,13-18,20H2,1H3. The predicted octanol–water partition coefficient (Wildman–Crippen LogP) is 4.67. The molecule has 1 spiro atoms. The molecule has 1 aromatic heterocycles. The number of piperidine rings is 1. The maximum Gasteiger partial charge on any atom is 0.327 e. The van der Waals surface area contributed by atoms with Crippen molar-refractivity contribution in [1.29, 1.82) is 0 Å². The molecule has 176 valence electrons. The fourth-order valence-corrected chi connectivity index (χ4v) is 6.10. The molecule has 0 atom stereocenters. The van der Waals surface area contributed by atoms with E-state index in [2.05, 4.69) is 34.1 Å². The van der Waals surface area contributed by atoms with Gasteiger partial charge in [-0.05, 0) is 31.7 Å². The Bertz CT molecular complexity index is 1140. The van der Waals surface area contributed by atoms with E-state index in [0.717, 1.165) is 36.6 Å². The number of aromatic nitrogens is 1. The van der Waals surface area contributed by atoms with Crippen LogP contribution in [-0.4, -0.2) is 63.3 Å². The number of nitrogens with zero attached hydrogens (tertiary/aromatic N) is 4. The number of carbonyl (C=O) groups excluding carboxylic acids is 2. The summed E-state index contributed by atoms with van der Waals surface area (Å²) in [6, 6.07) is 20.3. The van der Waals surface area contributed by atoms with Crippen molar-refractivity contribution in [3.05, 3.63) is 77.3 Å². The third-order valence-corrected chi connectivity index (χ3v) is 8.07. The van der Waals surface area contributed by atoms with Crippen LogP contribution in [0.5, 0.6) is 0 Å². The zero-order valence-corrected chi connectivity index (χ0v) is 20.3. The molecule has 2 fully saturated rings. The van der Waals surface area contributed by atoms with Gasteiger partial charge in [0.05, 0.1) is 0 Å². The molecule has 0 saturated carbocycles. The van der Waals surface area contributed by atoms with E-state index in [1.807, 2.05) is 54.4 Å². The molecule has 0 bridgehead atoms. The monoisotopic (exact) mass is 474 g/mol. The zero-order valence-electron chi connectivity index (χ0n) is 19.5. The highest BCUT2D eigenvalue weighted by Gasteiger charge is 2.57. The number of amides is 3. The maximum atomic E-state index is 13.4. The smallest absolute Gasteiger partial charge is 0.309 e. The van der Waals surface area contributed by atoms with E-state index < -0.39 is 5.54 Å². The summed E-state index contributed by atoms with van der Waals surface area (Å²) in [5.74, 6) is -0.0168. The largest absolute Gasteiger partial charge is 0.327 e. The van der Waals surface area contributed by atoms with Gasteiger partial charge in [0, 0.05) is 49.4 Å². The fraction of sp³-hybridized carbons (Fsp3) is 0.370. The lowest BCUT2D eigenvalue weighted by Crippen LogP contribution is -2.56. The van der Waals surface area contributed by atoms with Gasteiger partial charge in [-0.3, -0.25) is 14.6 Å². The Hall–Kier alpha value is -3.03. The number of thiazole rings is 1. The van der Waals surface area contributed by atoms with Crippen LogP contribution in [-0.2, 0) is 17.8 Å². The first kappa shape index (κ1) is 22.7. The van der Waals surface area contributed by atoms with Gasteiger partial charge in [-0.25, -0.2) is 9.78 Å². The summed E-state index contributed by atoms with van der Waals surface area (Å²) in [5.41, 5.74) is 1.62. The Morgan fingerprint density at radius 2 is 1.65 bits per heavy atom. The van der Waals surface area contributed by atoms with Crippen molar-refractivity contribution >= 4 is 23.3 Å². The normalized spacial score (nSPS) is 18.3. The second-order valence-corrected chi connectivity index (χ2v) is 10.1. The van der Waals surface area contributed by atoms with Crippen LogP contribution in [0.4, 0.5) is 4.79 Å². The number of hydrogen-bond donors (Lipinski definition) is 0. The minimum atomic E-state index is -0.707. The molecule has 5 rings (SSSR count). The molecule has 6 nitrogen and oxygen atoms in total. The highest BCUT2D eigenvalue weighted by atomic mass is 32.1. The second-order valence-electron chi connectivity index (χ2n) is 9.02. The van der Waals surface area contributed by atoms with Gasteiger partial charge < -0.3 is 4.90 Å².